The first-order valence-corrected chi connectivity index (χ1v) is 10.8. The molecule has 3 N–H and O–H groups in total. The van der Waals surface area contributed by atoms with Crippen molar-refractivity contribution >= 4 is 17.6 Å². The van der Waals surface area contributed by atoms with Gasteiger partial charge in [-0.1, -0.05) is 43.2 Å². The SMILES string of the molecule is CN=C(NCc1cccc(NC(=O)C2CCCC2)c1)NCC1Cc2ccccc2O1. The number of ether oxygens (including phenoxy) is 1. The van der Waals surface area contributed by atoms with Crippen LogP contribution in [0.15, 0.2) is 53.5 Å². The molecular formula is C24H30N4O2. The molecule has 0 saturated heterocycles. The van der Waals surface area contributed by atoms with Crippen LogP contribution in [0.25, 0.3) is 0 Å². The average molecular weight is 407 g/mol. The highest BCUT2D eigenvalue weighted by atomic mass is 16.5. The minimum atomic E-state index is 0.107. The zero-order valence-corrected chi connectivity index (χ0v) is 17.5. The number of fused-ring (bicyclic) bond motifs is 1. The largest absolute Gasteiger partial charge is 0.488 e. The third kappa shape index (κ3) is 5.12. The monoisotopic (exact) mass is 406 g/mol. The molecule has 158 valence electrons. The first-order chi connectivity index (χ1) is 14.7. The summed E-state index contributed by atoms with van der Waals surface area (Å²) < 4.78 is 5.97. The van der Waals surface area contributed by atoms with Crippen molar-refractivity contribution in [3.05, 3.63) is 59.7 Å². The van der Waals surface area contributed by atoms with Crippen molar-refractivity contribution in [3.8, 4) is 5.75 Å². The summed E-state index contributed by atoms with van der Waals surface area (Å²) in [6.07, 6.45) is 5.34. The van der Waals surface area contributed by atoms with Crippen LogP contribution in [0.3, 0.4) is 0 Å². The molecule has 6 nitrogen and oxygen atoms in total. The van der Waals surface area contributed by atoms with E-state index in [1.165, 1.54) is 5.56 Å². The second-order valence-electron chi connectivity index (χ2n) is 8.03. The summed E-state index contributed by atoms with van der Waals surface area (Å²) in [5.74, 6) is 2.02. The Morgan fingerprint density at radius 2 is 1.93 bits per heavy atom. The van der Waals surface area contributed by atoms with Gasteiger partial charge in [0.1, 0.15) is 11.9 Å². The minimum Gasteiger partial charge on any atom is -0.488 e. The Bertz CT molecular complexity index is 881. The molecule has 0 spiro atoms. The molecule has 4 rings (SSSR count). The first-order valence-electron chi connectivity index (χ1n) is 10.8. The van der Waals surface area contributed by atoms with Crippen molar-refractivity contribution in [3.63, 3.8) is 0 Å². The number of para-hydroxylation sites is 1. The number of anilines is 1. The van der Waals surface area contributed by atoms with Crippen molar-refractivity contribution in [1.29, 1.82) is 0 Å². The molecule has 0 bridgehead atoms. The lowest BCUT2D eigenvalue weighted by atomic mass is 10.1. The van der Waals surface area contributed by atoms with Crippen LogP contribution in [-0.4, -0.2) is 31.6 Å². The van der Waals surface area contributed by atoms with Crippen molar-refractivity contribution < 1.29 is 9.53 Å². The van der Waals surface area contributed by atoms with Gasteiger partial charge in [0.05, 0.1) is 6.54 Å². The quantitative estimate of drug-likeness (QED) is 0.507. The Morgan fingerprint density at radius 3 is 2.73 bits per heavy atom. The minimum absolute atomic E-state index is 0.107. The lowest BCUT2D eigenvalue weighted by Gasteiger charge is -2.16. The van der Waals surface area contributed by atoms with Crippen LogP contribution in [0, 0.1) is 5.92 Å². The van der Waals surface area contributed by atoms with E-state index in [2.05, 4.69) is 27.0 Å². The van der Waals surface area contributed by atoms with Crippen molar-refractivity contribution in [2.45, 2.75) is 44.8 Å². The van der Waals surface area contributed by atoms with Crippen LogP contribution in [0.5, 0.6) is 5.75 Å². The van der Waals surface area contributed by atoms with Gasteiger partial charge in [-0.25, -0.2) is 0 Å². The zero-order chi connectivity index (χ0) is 20.8. The topological polar surface area (TPSA) is 74.8 Å². The van der Waals surface area contributed by atoms with Crippen LogP contribution in [-0.2, 0) is 17.8 Å². The fourth-order valence-electron chi connectivity index (χ4n) is 4.18. The summed E-state index contributed by atoms with van der Waals surface area (Å²) in [6, 6.07) is 16.1. The Morgan fingerprint density at radius 1 is 1.10 bits per heavy atom. The van der Waals surface area contributed by atoms with Gasteiger partial charge in [0.25, 0.3) is 0 Å². The molecule has 1 aliphatic heterocycles. The van der Waals surface area contributed by atoms with Gasteiger partial charge in [-0.3, -0.25) is 9.79 Å². The van der Waals surface area contributed by atoms with Crippen molar-refractivity contribution in [2.24, 2.45) is 10.9 Å². The number of carbonyl (C=O) groups is 1. The molecule has 2 aromatic carbocycles. The van der Waals surface area contributed by atoms with E-state index < -0.39 is 0 Å². The van der Waals surface area contributed by atoms with E-state index in [0.717, 1.165) is 55.1 Å². The smallest absolute Gasteiger partial charge is 0.227 e. The molecule has 1 unspecified atom stereocenters. The standard InChI is InChI=1S/C24H30N4O2/c1-25-24(27-16-21-14-19-10-4-5-12-22(19)30-21)26-15-17-7-6-11-20(13-17)28-23(29)18-8-2-3-9-18/h4-7,10-13,18,21H,2-3,8-9,14-16H2,1H3,(H,28,29)(H2,25,26,27). The molecule has 2 aliphatic rings. The molecule has 30 heavy (non-hydrogen) atoms. The number of amides is 1. The van der Waals surface area contributed by atoms with E-state index in [0.29, 0.717) is 13.1 Å². The van der Waals surface area contributed by atoms with Gasteiger partial charge in [0.15, 0.2) is 5.96 Å². The molecule has 1 amide bonds. The maximum atomic E-state index is 12.4. The fraction of sp³-hybridized carbons (Fsp3) is 0.417. The number of nitrogens with one attached hydrogen (secondary N) is 3. The number of carbonyl (C=O) groups excluding carboxylic acids is 1. The predicted molar refractivity (Wildman–Crippen MR) is 120 cm³/mol. The maximum Gasteiger partial charge on any atom is 0.227 e. The Hall–Kier alpha value is -3.02. The number of benzene rings is 2. The average Bonchev–Trinajstić information content (AvgIpc) is 3.44. The molecule has 2 aromatic rings. The highest BCUT2D eigenvalue weighted by Crippen LogP contribution is 2.28. The highest BCUT2D eigenvalue weighted by molar-refractivity contribution is 5.92. The van der Waals surface area contributed by atoms with Gasteiger partial charge in [-0.2, -0.15) is 0 Å². The van der Waals surface area contributed by atoms with Gasteiger partial charge in [0.2, 0.25) is 5.91 Å². The van der Waals surface area contributed by atoms with E-state index in [4.69, 9.17) is 4.74 Å². The van der Waals surface area contributed by atoms with Crippen LogP contribution < -0.4 is 20.7 Å². The summed E-state index contributed by atoms with van der Waals surface area (Å²) in [5.41, 5.74) is 3.20. The predicted octanol–water partition coefficient (Wildman–Crippen LogP) is 3.48. The number of hydrogen-bond donors (Lipinski definition) is 3. The van der Waals surface area contributed by atoms with Gasteiger partial charge in [-0.05, 0) is 42.2 Å². The van der Waals surface area contributed by atoms with Crippen LogP contribution in [0.4, 0.5) is 5.69 Å². The number of hydrogen-bond acceptors (Lipinski definition) is 3. The molecule has 1 heterocycles. The molecular weight excluding hydrogens is 376 g/mol. The molecule has 1 fully saturated rings. The summed E-state index contributed by atoms with van der Waals surface area (Å²) in [6.45, 7) is 1.31. The Balaban J connectivity index is 1.24. The second-order valence-corrected chi connectivity index (χ2v) is 8.03. The van der Waals surface area contributed by atoms with Crippen LogP contribution >= 0.6 is 0 Å². The van der Waals surface area contributed by atoms with E-state index in [1.54, 1.807) is 7.05 Å². The number of guanidine groups is 1. The van der Waals surface area contributed by atoms with Gasteiger partial charge in [0, 0.05) is 31.6 Å². The number of nitrogens with zero attached hydrogens (tertiary/aromatic N) is 1. The van der Waals surface area contributed by atoms with Gasteiger partial charge < -0.3 is 20.7 Å². The van der Waals surface area contributed by atoms with E-state index in [9.17, 15) is 4.79 Å². The third-order valence-corrected chi connectivity index (χ3v) is 5.82. The fourth-order valence-corrected chi connectivity index (χ4v) is 4.18. The van der Waals surface area contributed by atoms with E-state index in [1.807, 2.05) is 42.5 Å². The Labute approximate surface area is 178 Å². The lowest BCUT2D eigenvalue weighted by Crippen LogP contribution is -2.41. The van der Waals surface area contributed by atoms with Crippen LogP contribution in [0.2, 0.25) is 0 Å². The zero-order valence-electron chi connectivity index (χ0n) is 17.5. The first kappa shape index (κ1) is 20.3. The summed E-state index contributed by atoms with van der Waals surface area (Å²) in [4.78, 5) is 16.7. The second kappa shape index (κ2) is 9.65. The van der Waals surface area contributed by atoms with E-state index >= 15 is 0 Å². The lowest BCUT2D eigenvalue weighted by molar-refractivity contribution is -0.119. The summed E-state index contributed by atoms with van der Waals surface area (Å²) in [5, 5.41) is 9.75. The van der Waals surface area contributed by atoms with Gasteiger partial charge in [-0.15, -0.1) is 0 Å². The molecule has 1 atom stereocenters. The maximum absolute atomic E-state index is 12.4. The van der Waals surface area contributed by atoms with E-state index in [-0.39, 0.29) is 17.9 Å². The third-order valence-electron chi connectivity index (χ3n) is 5.82. The van der Waals surface area contributed by atoms with Gasteiger partial charge >= 0.3 is 0 Å². The van der Waals surface area contributed by atoms with Crippen molar-refractivity contribution in [1.82, 2.24) is 10.6 Å². The summed E-state index contributed by atoms with van der Waals surface area (Å²) >= 11 is 0. The molecule has 0 radical (unpaired) electrons. The number of aliphatic imine (C=N–C) groups is 1. The molecule has 1 saturated carbocycles. The van der Waals surface area contributed by atoms with Crippen LogP contribution in [0.1, 0.15) is 36.8 Å². The summed E-state index contributed by atoms with van der Waals surface area (Å²) in [7, 11) is 1.76. The molecule has 6 heteroatoms. The molecule has 0 aromatic heterocycles. The number of rotatable bonds is 6. The van der Waals surface area contributed by atoms with Crippen molar-refractivity contribution in [2.75, 3.05) is 18.9 Å². The highest BCUT2D eigenvalue weighted by Gasteiger charge is 2.23. The normalized spacial score (nSPS) is 18.6. The Kier molecular flexibility index (Phi) is 6.52. The molecule has 1 aliphatic carbocycles.